The lowest BCUT2D eigenvalue weighted by Gasteiger charge is -2.20. The minimum Gasteiger partial charge on any atom is -0.483 e. The van der Waals surface area contributed by atoms with E-state index in [4.69, 9.17) is 9.47 Å². The lowest BCUT2D eigenvalue weighted by molar-refractivity contribution is -0.384. The van der Waals surface area contributed by atoms with Gasteiger partial charge < -0.3 is 14.4 Å². The molecule has 140 valence electrons. The zero-order valence-corrected chi connectivity index (χ0v) is 15.2. The number of benzene rings is 2. The maximum absolute atomic E-state index is 12.7. The van der Waals surface area contributed by atoms with Crippen LogP contribution in [0, 0.1) is 10.1 Å². The number of anilines is 1. The Bertz CT molecular complexity index is 938. The molecular weight excluding hydrogens is 348 g/mol. The Morgan fingerprint density at radius 3 is 2.89 bits per heavy atom. The number of hydrogen-bond acceptors (Lipinski definition) is 5. The molecule has 2 heterocycles. The van der Waals surface area contributed by atoms with E-state index in [0.717, 1.165) is 17.5 Å². The molecule has 2 aliphatic heterocycles. The molecule has 0 saturated heterocycles. The Morgan fingerprint density at radius 2 is 2.11 bits per heavy atom. The summed E-state index contributed by atoms with van der Waals surface area (Å²) in [4.78, 5) is 24.8. The lowest BCUT2D eigenvalue weighted by atomic mass is 10.0. The number of ether oxygens (including phenoxy) is 2. The third kappa shape index (κ3) is 3.20. The first kappa shape index (κ1) is 17.3. The van der Waals surface area contributed by atoms with Crippen molar-refractivity contribution in [2.45, 2.75) is 32.3 Å². The number of nitrogens with zero attached hydrogens (tertiary/aromatic N) is 2. The molecular formula is C20H20N2O5. The summed E-state index contributed by atoms with van der Waals surface area (Å²) < 4.78 is 11.7. The van der Waals surface area contributed by atoms with Crippen molar-refractivity contribution in [3.8, 4) is 11.5 Å². The summed E-state index contributed by atoms with van der Waals surface area (Å²) in [5.74, 6) is 1.08. The molecule has 7 heteroatoms. The van der Waals surface area contributed by atoms with Gasteiger partial charge in [-0.25, -0.2) is 0 Å². The number of fused-ring (bicyclic) bond motifs is 2. The van der Waals surface area contributed by atoms with E-state index >= 15 is 0 Å². The minimum atomic E-state index is -0.425. The third-order valence-electron chi connectivity index (χ3n) is 4.88. The SMILES string of the molecule is CC1(C)Cc2cccc(OCC(=O)N3CCc4cc([N+](=O)[O-])ccc43)c2O1. The molecule has 4 rings (SSSR count). The number of carbonyl (C=O) groups is 1. The fourth-order valence-electron chi connectivity index (χ4n) is 3.68. The van der Waals surface area contributed by atoms with Gasteiger partial charge in [0, 0.05) is 36.3 Å². The van der Waals surface area contributed by atoms with Crippen LogP contribution in [0.3, 0.4) is 0 Å². The van der Waals surface area contributed by atoms with Crippen LogP contribution in [0.4, 0.5) is 11.4 Å². The molecule has 0 radical (unpaired) electrons. The zero-order chi connectivity index (χ0) is 19.2. The number of rotatable bonds is 4. The van der Waals surface area contributed by atoms with Crippen LogP contribution < -0.4 is 14.4 Å². The summed E-state index contributed by atoms with van der Waals surface area (Å²) in [7, 11) is 0. The zero-order valence-electron chi connectivity index (χ0n) is 15.2. The highest BCUT2D eigenvalue weighted by molar-refractivity contribution is 5.96. The molecule has 1 amide bonds. The fraction of sp³-hybridized carbons (Fsp3) is 0.350. The van der Waals surface area contributed by atoms with Gasteiger partial charge in [-0.05, 0) is 38.0 Å². The fourth-order valence-corrected chi connectivity index (χ4v) is 3.68. The molecule has 0 spiro atoms. The van der Waals surface area contributed by atoms with Gasteiger partial charge >= 0.3 is 0 Å². The normalized spacial score (nSPS) is 16.4. The van der Waals surface area contributed by atoms with E-state index in [1.807, 2.05) is 26.0 Å². The van der Waals surface area contributed by atoms with E-state index in [2.05, 4.69) is 0 Å². The van der Waals surface area contributed by atoms with Gasteiger partial charge in [-0.2, -0.15) is 0 Å². The minimum absolute atomic E-state index is 0.0407. The van der Waals surface area contributed by atoms with Gasteiger partial charge in [0.15, 0.2) is 18.1 Å². The Balaban J connectivity index is 1.47. The maximum Gasteiger partial charge on any atom is 0.269 e. The van der Waals surface area contributed by atoms with Crippen LogP contribution >= 0.6 is 0 Å². The molecule has 7 nitrogen and oxygen atoms in total. The number of para-hydroxylation sites is 1. The second kappa shape index (κ2) is 6.26. The Morgan fingerprint density at radius 1 is 1.30 bits per heavy atom. The maximum atomic E-state index is 12.7. The van der Waals surface area contributed by atoms with Crippen LogP contribution in [0.2, 0.25) is 0 Å². The van der Waals surface area contributed by atoms with Gasteiger partial charge in [0.25, 0.3) is 11.6 Å². The second-order valence-electron chi connectivity index (χ2n) is 7.44. The van der Waals surface area contributed by atoms with E-state index in [-0.39, 0.29) is 23.8 Å². The summed E-state index contributed by atoms with van der Waals surface area (Å²) in [6, 6.07) is 10.3. The molecule has 0 N–H and O–H groups in total. The van der Waals surface area contributed by atoms with Crippen LogP contribution in [0.15, 0.2) is 36.4 Å². The van der Waals surface area contributed by atoms with Crippen molar-refractivity contribution in [2.24, 2.45) is 0 Å². The van der Waals surface area contributed by atoms with E-state index < -0.39 is 4.92 Å². The average Bonchev–Trinajstić information content (AvgIpc) is 3.18. The summed E-state index contributed by atoms with van der Waals surface area (Å²) in [6.45, 7) is 4.41. The summed E-state index contributed by atoms with van der Waals surface area (Å²) in [5, 5.41) is 10.9. The highest BCUT2D eigenvalue weighted by Crippen LogP contribution is 2.41. The number of carbonyl (C=O) groups excluding carboxylic acids is 1. The smallest absolute Gasteiger partial charge is 0.269 e. The molecule has 0 atom stereocenters. The number of non-ortho nitro benzene ring substituents is 1. The first-order chi connectivity index (χ1) is 12.8. The largest absolute Gasteiger partial charge is 0.483 e. The van der Waals surface area contributed by atoms with Gasteiger partial charge in [-0.3, -0.25) is 14.9 Å². The summed E-state index contributed by atoms with van der Waals surface area (Å²) in [6.07, 6.45) is 1.40. The number of nitro benzene ring substituents is 1. The monoisotopic (exact) mass is 368 g/mol. The van der Waals surface area contributed by atoms with Crippen molar-refractivity contribution in [2.75, 3.05) is 18.1 Å². The number of hydrogen-bond donors (Lipinski definition) is 0. The summed E-state index contributed by atoms with van der Waals surface area (Å²) in [5.41, 5.74) is 2.35. The van der Waals surface area contributed by atoms with Gasteiger partial charge in [0.05, 0.1) is 4.92 Å². The van der Waals surface area contributed by atoms with Crippen LogP contribution in [-0.2, 0) is 17.6 Å². The second-order valence-corrected chi connectivity index (χ2v) is 7.44. The molecule has 0 fully saturated rings. The molecule has 0 unspecified atom stereocenters. The van der Waals surface area contributed by atoms with E-state index in [1.165, 1.54) is 12.1 Å². The molecule has 0 saturated carbocycles. The molecule has 2 aromatic carbocycles. The Hall–Kier alpha value is -3.09. The first-order valence-corrected chi connectivity index (χ1v) is 8.85. The van der Waals surface area contributed by atoms with Crippen LogP contribution in [0.1, 0.15) is 25.0 Å². The quantitative estimate of drug-likeness (QED) is 0.611. The van der Waals surface area contributed by atoms with Crippen molar-refractivity contribution in [3.63, 3.8) is 0 Å². The van der Waals surface area contributed by atoms with Crippen LogP contribution in [0.25, 0.3) is 0 Å². The van der Waals surface area contributed by atoms with Crippen molar-refractivity contribution in [1.82, 2.24) is 0 Å². The van der Waals surface area contributed by atoms with E-state index in [9.17, 15) is 14.9 Å². The molecule has 0 aliphatic carbocycles. The molecule has 27 heavy (non-hydrogen) atoms. The van der Waals surface area contributed by atoms with Crippen LogP contribution in [-0.4, -0.2) is 29.6 Å². The third-order valence-corrected chi connectivity index (χ3v) is 4.88. The standard InChI is InChI=1S/C20H20N2O5/c1-20(2)11-14-4-3-5-17(19(14)27-20)26-12-18(23)21-9-8-13-10-15(22(24)25)6-7-16(13)21/h3-7,10H,8-9,11-12H2,1-2H3. The highest BCUT2D eigenvalue weighted by Gasteiger charge is 2.33. The van der Waals surface area contributed by atoms with Crippen molar-refractivity contribution in [3.05, 3.63) is 57.6 Å². The van der Waals surface area contributed by atoms with Gasteiger partial charge in [-0.15, -0.1) is 0 Å². The number of amides is 1. The van der Waals surface area contributed by atoms with Crippen molar-refractivity contribution < 1.29 is 19.2 Å². The van der Waals surface area contributed by atoms with E-state index in [1.54, 1.807) is 17.0 Å². The Labute approximate surface area is 156 Å². The highest BCUT2D eigenvalue weighted by atomic mass is 16.6. The van der Waals surface area contributed by atoms with Crippen LogP contribution in [0.5, 0.6) is 11.5 Å². The molecule has 2 aliphatic rings. The van der Waals surface area contributed by atoms with Crippen molar-refractivity contribution >= 4 is 17.3 Å². The molecule has 2 aromatic rings. The number of nitro groups is 1. The Kier molecular flexibility index (Phi) is 4.02. The van der Waals surface area contributed by atoms with Gasteiger partial charge in [-0.1, -0.05) is 12.1 Å². The van der Waals surface area contributed by atoms with Gasteiger partial charge in [0.1, 0.15) is 5.60 Å². The predicted molar refractivity (Wildman–Crippen MR) is 99.5 cm³/mol. The lowest BCUT2D eigenvalue weighted by Crippen LogP contribution is -2.33. The topological polar surface area (TPSA) is 81.9 Å². The first-order valence-electron chi connectivity index (χ1n) is 8.85. The molecule has 0 bridgehead atoms. The van der Waals surface area contributed by atoms with E-state index in [0.29, 0.717) is 30.2 Å². The van der Waals surface area contributed by atoms with Gasteiger partial charge in [0.2, 0.25) is 0 Å². The summed E-state index contributed by atoms with van der Waals surface area (Å²) >= 11 is 0. The predicted octanol–water partition coefficient (Wildman–Crippen LogP) is 3.28. The molecule has 0 aromatic heterocycles. The van der Waals surface area contributed by atoms with Crippen molar-refractivity contribution in [1.29, 1.82) is 0 Å². The average molecular weight is 368 g/mol.